The van der Waals surface area contributed by atoms with Crippen molar-refractivity contribution in [1.82, 2.24) is 19.1 Å². The number of rotatable bonds is 6. The Morgan fingerprint density at radius 2 is 1.61 bits per heavy atom. The molecule has 3 aromatic rings. The van der Waals surface area contributed by atoms with Crippen LogP contribution in [0.3, 0.4) is 0 Å². The third-order valence-electron chi connectivity index (χ3n) is 5.47. The van der Waals surface area contributed by atoms with Crippen LogP contribution in [0.25, 0.3) is 23.2 Å². The fourth-order valence-electron chi connectivity index (χ4n) is 3.52. The first-order chi connectivity index (χ1) is 17.6. The fourth-order valence-corrected chi connectivity index (χ4v) is 5.06. The van der Waals surface area contributed by atoms with Crippen molar-refractivity contribution in [2.45, 2.75) is 23.4 Å². The summed E-state index contributed by atoms with van der Waals surface area (Å²) in [5, 5.41) is 3.82. The number of carbonyl (C=O) groups is 1. The van der Waals surface area contributed by atoms with Gasteiger partial charge in [0.05, 0.1) is 21.6 Å². The summed E-state index contributed by atoms with van der Waals surface area (Å²) in [4.78, 5) is 15.6. The molecule has 0 spiro atoms. The summed E-state index contributed by atoms with van der Waals surface area (Å²) in [7, 11) is -4.06. The van der Waals surface area contributed by atoms with Crippen molar-refractivity contribution in [2.24, 2.45) is 5.73 Å². The average molecular weight is 563 g/mol. The lowest BCUT2D eigenvalue weighted by molar-refractivity contribution is -0.143. The van der Waals surface area contributed by atoms with E-state index in [1.165, 1.54) is 18.2 Å². The summed E-state index contributed by atoms with van der Waals surface area (Å²) in [5.41, 5.74) is 1.41. The molecule has 202 valence electrons. The molecule has 38 heavy (non-hydrogen) atoms. The summed E-state index contributed by atoms with van der Waals surface area (Å²) in [6.07, 6.45) is -9.56. The molecule has 0 aliphatic carbocycles. The van der Waals surface area contributed by atoms with Gasteiger partial charge in [-0.05, 0) is 35.9 Å². The number of aromatic nitrogens is 3. The molecule has 1 aliphatic heterocycles. The molecule has 0 saturated carbocycles. The van der Waals surface area contributed by atoms with Crippen LogP contribution in [0.1, 0.15) is 16.7 Å². The first-order valence-electron chi connectivity index (χ1n) is 10.5. The lowest BCUT2D eigenvalue weighted by Crippen LogP contribution is -2.51. The number of carbonyl (C=O) groups excluding carboxylic acids is 1. The molecule has 1 fully saturated rings. The van der Waals surface area contributed by atoms with Crippen molar-refractivity contribution in [3.05, 3.63) is 65.5 Å². The molecule has 0 radical (unpaired) electrons. The smallest absolute Gasteiger partial charge is 0.366 e. The van der Waals surface area contributed by atoms with Crippen molar-refractivity contribution in [2.75, 3.05) is 13.1 Å². The number of hydrogen-bond acceptors (Lipinski definition) is 5. The van der Waals surface area contributed by atoms with Gasteiger partial charge in [-0.15, -0.1) is 5.10 Å². The van der Waals surface area contributed by atoms with E-state index in [-0.39, 0.29) is 35.2 Å². The van der Waals surface area contributed by atoms with Crippen LogP contribution >= 0.6 is 0 Å². The van der Waals surface area contributed by atoms with Gasteiger partial charge in [0.15, 0.2) is 5.82 Å². The van der Waals surface area contributed by atoms with Gasteiger partial charge in [0, 0.05) is 24.9 Å². The lowest BCUT2D eigenvalue weighted by atomic mass is 10.0. The van der Waals surface area contributed by atoms with E-state index < -0.39 is 57.0 Å². The second-order valence-corrected chi connectivity index (χ2v) is 10.1. The van der Waals surface area contributed by atoms with Crippen molar-refractivity contribution in [3.8, 4) is 11.4 Å². The minimum absolute atomic E-state index is 0.00590. The fraction of sp³-hybridized carbons (Fsp3) is 0.227. The number of sulfonamides is 1. The Hall–Kier alpha value is -3.79. The zero-order chi connectivity index (χ0) is 28.0. The monoisotopic (exact) mass is 563 g/mol. The summed E-state index contributed by atoms with van der Waals surface area (Å²) in [6.45, 7) is -0.642. The van der Waals surface area contributed by atoms with Crippen LogP contribution in [-0.4, -0.2) is 52.7 Å². The third kappa shape index (κ3) is 5.55. The van der Waals surface area contributed by atoms with Gasteiger partial charge >= 0.3 is 12.4 Å². The highest BCUT2D eigenvalue weighted by atomic mass is 32.2. The number of nitrogens with two attached hydrogens (primary N) is 1. The highest BCUT2D eigenvalue weighted by molar-refractivity contribution is 7.89. The van der Waals surface area contributed by atoms with E-state index in [0.29, 0.717) is 12.1 Å². The largest absolute Gasteiger partial charge is 0.416 e. The number of halogens is 7. The SMILES string of the molecule is NC(=O)/C(=C/n1cnc(-c2cc(C(F)(F)F)cc(C(F)(F)F)c2)n1)c1cccc(S(=O)(=O)N2CC(F)C2)c1. The van der Waals surface area contributed by atoms with Gasteiger partial charge in [0.2, 0.25) is 10.0 Å². The van der Waals surface area contributed by atoms with E-state index in [0.717, 1.165) is 27.6 Å². The summed E-state index contributed by atoms with van der Waals surface area (Å²) in [6, 6.07) is 5.82. The predicted molar refractivity (Wildman–Crippen MR) is 119 cm³/mol. The van der Waals surface area contributed by atoms with Gasteiger partial charge in [-0.1, -0.05) is 12.1 Å². The predicted octanol–water partition coefficient (Wildman–Crippen LogP) is 3.81. The van der Waals surface area contributed by atoms with Crippen molar-refractivity contribution in [1.29, 1.82) is 0 Å². The average Bonchev–Trinajstić information content (AvgIpc) is 3.28. The van der Waals surface area contributed by atoms with Crippen LogP contribution in [0, 0.1) is 0 Å². The first-order valence-corrected chi connectivity index (χ1v) is 12.0. The van der Waals surface area contributed by atoms with Gasteiger partial charge < -0.3 is 5.73 Å². The maximum atomic E-state index is 13.2. The Morgan fingerprint density at radius 3 is 2.13 bits per heavy atom. The number of primary amides is 1. The molecule has 2 heterocycles. The Labute approximate surface area is 210 Å². The second kappa shape index (κ2) is 9.50. The molecule has 1 amide bonds. The van der Waals surface area contributed by atoms with E-state index in [9.17, 15) is 43.9 Å². The highest BCUT2D eigenvalue weighted by Crippen LogP contribution is 2.38. The van der Waals surface area contributed by atoms with Crippen LogP contribution in [0.2, 0.25) is 0 Å². The maximum Gasteiger partial charge on any atom is 0.416 e. The zero-order valence-corrected chi connectivity index (χ0v) is 19.6. The molecule has 1 saturated heterocycles. The minimum atomic E-state index is -5.08. The second-order valence-electron chi connectivity index (χ2n) is 8.20. The quantitative estimate of drug-likeness (QED) is 0.362. The molecule has 4 rings (SSSR count). The van der Waals surface area contributed by atoms with E-state index >= 15 is 0 Å². The maximum absolute atomic E-state index is 13.2. The van der Waals surface area contributed by atoms with Crippen LogP contribution < -0.4 is 5.73 Å². The van der Waals surface area contributed by atoms with Gasteiger partial charge in [-0.3, -0.25) is 4.79 Å². The normalized spacial score (nSPS) is 15.9. The van der Waals surface area contributed by atoms with Crippen LogP contribution in [-0.2, 0) is 27.2 Å². The number of nitrogens with zero attached hydrogens (tertiary/aromatic N) is 4. The van der Waals surface area contributed by atoms with Gasteiger partial charge in [0.1, 0.15) is 12.5 Å². The molecule has 1 aromatic heterocycles. The Balaban J connectivity index is 1.72. The Morgan fingerprint density at radius 1 is 1.00 bits per heavy atom. The topological polar surface area (TPSA) is 111 Å². The van der Waals surface area contributed by atoms with Gasteiger partial charge in [-0.25, -0.2) is 22.5 Å². The third-order valence-corrected chi connectivity index (χ3v) is 7.30. The van der Waals surface area contributed by atoms with E-state index in [2.05, 4.69) is 10.1 Å². The number of alkyl halides is 7. The van der Waals surface area contributed by atoms with Crippen molar-refractivity contribution >= 4 is 27.7 Å². The van der Waals surface area contributed by atoms with E-state index in [1.807, 2.05) is 0 Å². The van der Waals surface area contributed by atoms with E-state index in [4.69, 9.17) is 5.73 Å². The van der Waals surface area contributed by atoms with Gasteiger partial charge in [0.25, 0.3) is 5.91 Å². The number of hydrogen-bond donors (Lipinski definition) is 1. The molecule has 0 atom stereocenters. The Kier molecular flexibility index (Phi) is 6.82. The standard InChI is InChI=1S/C22H16F7N5O3S/c23-16-8-34(9-16)38(36,37)17-3-1-2-12(6-17)18(19(30)35)10-33-11-31-20(32-33)13-4-14(21(24,25)26)7-15(5-13)22(27,28)29/h1-7,10-11,16H,8-9H2,(H2,30,35)/b18-10+. The van der Waals surface area contributed by atoms with E-state index in [1.54, 1.807) is 0 Å². The summed E-state index contributed by atoms with van der Waals surface area (Å²) >= 11 is 0. The molecule has 8 nitrogen and oxygen atoms in total. The number of benzene rings is 2. The zero-order valence-electron chi connectivity index (χ0n) is 18.8. The molecular weight excluding hydrogens is 547 g/mol. The summed E-state index contributed by atoms with van der Waals surface area (Å²) < 4.78 is 119. The van der Waals surface area contributed by atoms with Crippen LogP contribution in [0.15, 0.2) is 53.7 Å². The molecule has 1 aliphatic rings. The summed E-state index contributed by atoms with van der Waals surface area (Å²) in [5.74, 6) is -1.57. The van der Waals surface area contributed by atoms with Crippen molar-refractivity contribution < 1.29 is 43.9 Å². The number of amides is 1. The highest BCUT2D eigenvalue weighted by Gasteiger charge is 2.38. The lowest BCUT2D eigenvalue weighted by Gasteiger charge is -2.33. The molecule has 2 aromatic carbocycles. The van der Waals surface area contributed by atoms with Crippen molar-refractivity contribution in [3.63, 3.8) is 0 Å². The minimum Gasteiger partial charge on any atom is -0.366 e. The first kappa shape index (κ1) is 27.3. The Bertz CT molecular complexity index is 1490. The molecule has 0 bridgehead atoms. The van der Waals surface area contributed by atoms with Crippen LogP contribution in [0.4, 0.5) is 30.7 Å². The molecule has 16 heteroatoms. The van der Waals surface area contributed by atoms with Crippen LogP contribution in [0.5, 0.6) is 0 Å². The molecular formula is C22H16F7N5O3S. The molecule has 2 N–H and O–H groups in total. The van der Waals surface area contributed by atoms with Gasteiger partial charge in [-0.2, -0.15) is 30.6 Å². The molecule has 0 unspecified atom stereocenters.